The Morgan fingerprint density at radius 3 is 2.59 bits per heavy atom. The zero-order valence-corrected chi connectivity index (χ0v) is 8.91. The van der Waals surface area contributed by atoms with E-state index in [0.29, 0.717) is 12.8 Å². The van der Waals surface area contributed by atoms with E-state index >= 15 is 0 Å². The summed E-state index contributed by atoms with van der Waals surface area (Å²) in [7, 11) is 0. The van der Waals surface area contributed by atoms with E-state index in [2.05, 4.69) is 5.32 Å². The Morgan fingerprint density at radius 2 is 2.12 bits per heavy atom. The minimum Gasteiger partial charge on any atom is -0.479 e. The second-order valence-electron chi connectivity index (χ2n) is 3.88. The number of alkyl halides is 3. The first kappa shape index (κ1) is 14.2. The van der Waals surface area contributed by atoms with Crippen molar-refractivity contribution < 1.29 is 32.9 Å². The summed E-state index contributed by atoms with van der Waals surface area (Å²) in [5.41, 5.74) is 0. The summed E-state index contributed by atoms with van der Waals surface area (Å²) in [6.45, 7) is -0.530. The molecule has 1 rings (SSSR count). The lowest BCUT2D eigenvalue weighted by molar-refractivity contribution is -0.202. The van der Waals surface area contributed by atoms with Gasteiger partial charge in [0, 0.05) is 13.1 Å². The first-order valence-electron chi connectivity index (χ1n) is 5.14. The van der Waals surface area contributed by atoms with Crippen molar-refractivity contribution in [1.82, 2.24) is 5.32 Å². The Hall–Kier alpha value is -0.860. The van der Waals surface area contributed by atoms with Gasteiger partial charge in [-0.2, -0.15) is 13.2 Å². The van der Waals surface area contributed by atoms with Gasteiger partial charge in [0.25, 0.3) is 0 Å². The molecule has 8 heteroatoms. The highest BCUT2D eigenvalue weighted by Crippen LogP contribution is 2.21. The van der Waals surface area contributed by atoms with Crippen LogP contribution in [0.5, 0.6) is 0 Å². The first-order valence-corrected chi connectivity index (χ1v) is 5.14. The third kappa shape index (κ3) is 4.49. The van der Waals surface area contributed by atoms with Gasteiger partial charge in [-0.1, -0.05) is 0 Å². The summed E-state index contributed by atoms with van der Waals surface area (Å²) in [6.07, 6.45) is -7.53. The molecule has 0 saturated carbocycles. The smallest absolute Gasteiger partial charge is 0.415 e. The van der Waals surface area contributed by atoms with Crippen LogP contribution in [0.1, 0.15) is 12.8 Å². The lowest BCUT2D eigenvalue weighted by Crippen LogP contribution is -2.41. The molecule has 100 valence electrons. The molecule has 3 unspecified atom stereocenters. The molecule has 3 atom stereocenters. The van der Waals surface area contributed by atoms with E-state index < -0.39 is 37.0 Å². The average Bonchev–Trinajstić information content (AvgIpc) is 2.64. The molecular formula is C9H14F3NO4. The molecule has 0 amide bonds. The van der Waals surface area contributed by atoms with Gasteiger partial charge in [-0.05, 0) is 12.8 Å². The Kier molecular flexibility index (Phi) is 4.72. The molecule has 1 heterocycles. The maximum Gasteiger partial charge on any atom is 0.415 e. The summed E-state index contributed by atoms with van der Waals surface area (Å²) in [5, 5.41) is 19.7. The van der Waals surface area contributed by atoms with Gasteiger partial charge in [0.2, 0.25) is 0 Å². The van der Waals surface area contributed by atoms with Gasteiger partial charge in [0.1, 0.15) is 0 Å². The SMILES string of the molecule is O=C(O)C1CCC(CNCC(O)C(F)(F)F)O1. The second-order valence-corrected chi connectivity index (χ2v) is 3.88. The fourth-order valence-electron chi connectivity index (χ4n) is 1.53. The monoisotopic (exact) mass is 257 g/mol. The molecule has 1 aliphatic rings. The molecule has 5 nitrogen and oxygen atoms in total. The molecule has 1 fully saturated rings. The number of aliphatic carboxylic acids is 1. The fraction of sp³-hybridized carbons (Fsp3) is 0.889. The van der Waals surface area contributed by atoms with Crippen molar-refractivity contribution in [1.29, 1.82) is 0 Å². The normalized spacial score (nSPS) is 27.1. The molecular weight excluding hydrogens is 243 g/mol. The molecule has 0 aromatic carbocycles. The molecule has 0 aromatic heterocycles. The number of carboxylic acid groups (broad SMARTS) is 1. The zero-order chi connectivity index (χ0) is 13.1. The summed E-state index contributed by atoms with van der Waals surface area (Å²) in [5.74, 6) is -1.07. The summed E-state index contributed by atoms with van der Waals surface area (Å²) in [6, 6.07) is 0. The predicted octanol–water partition coefficient (Wildman–Crippen LogP) is 0.131. The number of hydrogen-bond acceptors (Lipinski definition) is 4. The summed E-state index contributed by atoms with van der Waals surface area (Å²) < 4.78 is 40.8. The molecule has 0 aliphatic carbocycles. The Morgan fingerprint density at radius 1 is 1.47 bits per heavy atom. The number of aliphatic hydroxyl groups is 1. The van der Waals surface area contributed by atoms with Crippen molar-refractivity contribution in [3.8, 4) is 0 Å². The molecule has 0 aromatic rings. The highest BCUT2D eigenvalue weighted by atomic mass is 19.4. The van der Waals surface area contributed by atoms with E-state index in [4.69, 9.17) is 14.9 Å². The van der Waals surface area contributed by atoms with Crippen LogP contribution in [0.25, 0.3) is 0 Å². The number of aliphatic hydroxyl groups excluding tert-OH is 1. The highest BCUT2D eigenvalue weighted by Gasteiger charge is 2.38. The zero-order valence-electron chi connectivity index (χ0n) is 8.91. The largest absolute Gasteiger partial charge is 0.479 e. The Balaban J connectivity index is 2.19. The minimum absolute atomic E-state index is 0.0942. The third-order valence-electron chi connectivity index (χ3n) is 2.47. The molecule has 0 radical (unpaired) electrons. The van der Waals surface area contributed by atoms with Gasteiger partial charge in [-0.25, -0.2) is 4.79 Å². The van der Waals surface area contributed by atoms with Crippen LogP contribution in [0.4, 0.5) is 13.2 Å². The number of rotatable bonds is 5. The van der Waals surface area contributed by atoms with Gasteiger partial charge < -0.3 is 20.3 Å². The molecule has 1 saturated heterocycles. The minimum atomic E-state index is -4.65. The van der Waals surface area contributed by atoms with Crippen molar-refractivity contribution in [2.24, 2.45) is 0 Å². The molecule has 17 heavy (non-hydrogen) atoms. The topological polar surface area (TPSA) is 78.8 Å². The van der Waals surface area contributed by atoms with Crippen molar-refractivity contribution in [2.45, 2.75) is 37.3 Å². The lowest BCUT2D eigenvalue weighted by atomic mass is 10.2. The van der Waals surface area contributed by atoms with Gasteiger partial charge in [-0.3, -0.25) is 0 Å². The fourth-order valence-corrected chi connectivity index (χ4v) is 1.53. The number of halogens is 3. The average molecular weight is 257 g/mol. The number of ether oxygens (including phenoxy) is 1. The van der Waals surface area contributed by atoms with Gasteiger partial charge in [0.05, 0.1) is 6.10 Å². The van der Waals surface area contributed by atoms with Gasteiger partial charge in [0.15, 0.2) is 12.2 Å². The predicted molar refractivity (Wildman–Crippen MR) is 50.5 cm³/mol. The van der Waals surface area contributed by atoms with E-state index in [-0.39, 0.29) is 6.54 Å². The van der Waals surface area contributed by atoms with E-state index in [0.717, 1.165) is 0 Å². The van der Waals surface area contributed by atoms with Gasteiger partial charge in [-0.15, -0.1) is 0 Å². The lowest BCUT2D eigenvalue weighted by Gasteiger charge is -2.17. The molecule has 3 N–H and O–H groups in total. The number of carboxylic acids is 1. The Labute approximate surface area is 95.6 Å². The maximum atomic E-state index is 11.9. The third-order valence-corrected chi connectivity index (χ3v) is 2.47. The van der Waals surface area contributed by atoms with Crippen LogP contribution in [0, 0.1) is 0 Å². The van der Waals surface area contributed by atoms with Crippen molar-refractivity contribution >= 4 is 5.97 Å². The highest BCUT2D eigenvalue weighted by molar-refractivity contribution is 5.72. The van der Waals surface area contributed by atoms with E-state index in [1.165, 1.54) is 0 Å². The number of nitrogens with one attached hydrogen (secondary N) is 1. The second kappa shape index (κ2) is 5.65. The van der Waals surface area contributed by atoms with Crippen molar-refractivity contribution in [3.63, 3.8) is 0 Å². The Bertz CT molecular complexity index is 271. The quantitative estimate of drug-likeness (QED) is 0.652. The van der Waals surface area contributed by atoms with E-state index in [1.54, 1.807) is 0 Å². The molecule has 0 spiro atoms. The van der Waals surface area contributed by atoms with Crippen LogP contribution in [-0.4, -0.2) is 53.8 Å². The standard InChI is InChI=1S/C9H14F3NO4/c10-9(11,12)7(14)4-13-3-5-1-2-6(17-5)8(15)16/h5-7,13-14H,1-4H2,(H,15,16). The summed E-state index contributed by atoms with van der Waals surface area (Å²) >= 11 is 0. The first-order chi connectivity index (χ1) is 7.80. The van der Waals surface area contributed by atoms with Crippen LogP contribution >= 0.6 is 0 Å². The molecule has 1 aliphatic heterocycles. The van der Waals surface area contributed by atoms with Crippen LogP contribution in [0.15, 0.2) is 0 Å². The number of carbonyl (C=O) groups is 1. The van der Waals surface area contributed by atoms with Crippen LogP contribution in [0.2, 0.25) is 0 Å². The number of hydrogen-bond donors (Lipinski definition) is 3. The van der Waals surface area contributed by atoms with Crippen molar-refractivity contribution in [3.05, 3.63) is 0 Å². The van der Waals surface area contributed by atoms with Gasteiger partial charge >= 0.3 is 12.1 Å². The summed E-state index contributed by atoms with van der Waals surface area (Å²) in [4.78, 5) is 10.5. The van der Waals surface area contributed by atoms with Crippen LogP contribution < -0.4 is 5.32 Å². The molecule has 0 bridgehead atoms. The van der Waals surface area contributed by atoms with Crippen LogP contribution in [-0.2, 0) is 9.53 Å². The van der Waals surface area contributed by atoms with E-state index in [1.807, 2.05) is 0 Å². The van der Waals surface area contributed by atoms with Crippen LogP contribution in [0.3, 0.4) is 0 Å². The maximum absolute atomic E-state index is 11.9. The van der Waals surface area contributed by atoms with Crippen molar-refractivity contribution in [2.75, 3.05) is 13.1 Å². The van der Waals surface area contributed by atoms with E-state index in [9.17, 15) is 18.0 Å².